The molecule has 0 nitrogen and oxygen atoms in total. The van der Waals surface area contributed by atoms with E-state index in [4.69, 9.17) is 0 Å². The molecule has 0 saturated carbocycles. The van der Waals surface area contributed by atoms with Crippen LogP contribution >= 0.6 is 0 Å². The topological polar surface area (TPSA) is 0 Å². The normalized spacial score (nSPS) is 18.3. The molecule has 3 aliphatic rings. The Balaban J connectivity index is 0.00000184. The van der Waals surface area contributed by atoms with Crippen LogP contribution in [0.4, 0.5) is 0 Å². The van der Waals surface area contributed by atoms with Crippen LogP contribution in [0.15, 0.2) is 83.9 Å². The molecule has 7 rings (SSSR count). The monoisotopic (exact) mass is 682 g/mol. The summed E-state index contributed by atoms with van der Waals surface area (Å²) >= 11 is -2.76. The van der Waals surface area contributed by atoms with E-state index < -0.39 is 20.3 Å². The molecule has 0 amide bonds. The van der Waals surface area contributed by atoms with Crippen LogP contribution in [-0.4, -0.2) is 0 Å². The molecular formula is C40H42Cl2Zr. The maximum atomic E-state index is 2.65. The molecular weight excluding hydrogens is 643 g/mol. The summed E-state index contributed by atoms with van der Waals surface area (Å²) in [6.45, 7) is 14.3. The third-order valence-corrected chi connectivity index (χ3v) is 23.5. The second-order valence-corrected chi connectivity index (χ2v) is 24.3. The zero-order valence-corrected chi connectivity index (χ0v) is 30.3. The fourth-order valence-corrected chi connectivity index (χ4v) is 27.2. The van der Waals surface area contributed by atoms with Gasteiger partial charge in [-0.05, 0) is 0 Å². The van der Waals surface area contributed by atoms with Crippen molar-refractivity contribution < 1.29 is 45.1 Å². The molecule has 0 radical (unpaired) electrons. The molecule has 2 atom stereocenters. The minimum atomic E-state index is -2.76. The van der Waals surface area contributed by atoms with Crippen molar-refractivity contribution in [2.75, 3.05) is 0 Å². The molecule has 4 aromatic carbocycles. The summed E-state index contributed by atoms with van der Waals surface area (Å²) in [5, 5.41) is 0. The summed E-state index contributed by atoms with van der Waals surface area (Å²) in [5.41, 5.74) is 21.5. The van der Waals surface area contributed by atoms with Crippen LogP contribution in [0.1, 0.15) is 78.4 Å². The summed E-state index contributed by atoms with van der Waals surface area (Å²) in [6, 6.07) is 27.3. The van der Waals surface area contributed by atoms with Crippen LogP contribution in [0, 0.1) is 27.7 Å². The van der Waals surface area contributed by atoms with Crippen LogP contribution in [-0.2, 0) is 20.3 Å². The minimum Gasteiger partial charge on any atom is -1.00 e. The molecule has 0 aromatic heterocycles. The van der Waals surface area contributed by atoms with E-state index in [0.29, 0.717) is 7.25 Å². The molecule has 220 valence electrons. The second-order valence-electron chi connectivity index (χ2n) is 12.9. The van der Waals surface area contributed by atoms with Crippen molar-refractivity contribution in [2.24, 2.45) is 0 Å². The molecule has 1 saturated heterocycles. The smallest absolute Gasteiger partial charge is 1.00 e. The van der Waals surface area contributed by atoms with Gasteiger partial charge in [0.1, 0.15) is 0 Å². The van der Waals surface area contributed by atoms with E-state index in [9.17, 15) is 0 Å². The predicted octanol–water partition coefficient (Wildman–Crippen LogP) is 5.66. The Morgan fingerprint density at radius 3 is 1.26 bits per heavy atom. The first kappa shape index (κ1) is 32.2. The van der Waals surface area contributed by atoms with Gasteiger partial charge in [-0.15, -0.1) is 0 Å². The molecule has 3 heteroatoms. The van der Waals surface area contributed by atoms with Gasteiger partial charge in [0.25, 0.3) is 0 Å². The Bertz CT molecular complexity index is 1620. The Labute approximate surface area is 275 Å². The molecule has 0 bridgehead atoms. The average Bonchev–Trinajstić information content (AvgIpc) is 3.51. The number of aryl methyl sites for hydroxylation is 4. The van der Waals surface area contributed by atoms with Crippen molar-refractivity contribution in [3.05, 3.63) is 128 Å². The van der Waals surface area contributed by atoms with E-state index in [2.05, 4.69) is 126 Å². The van der Waals surface area contributed by atoms with Gasteiger partial charge in [-0.2, -0.15) is 0 Å². The third-order valence-electron chi connectivity index (χ3n) is 10.5. The predicted molar refractivity (Wildman–Crippen MR) is 174 cm³/mol. The SMILES string of the molecule is CCC1=Cc2c(-c3ccccc3)c(C)cc(C)c2[CH]1[Zr+2]1([CH]2C(CC)=Cc3c(-c4ccccc4)c(C)cc(C)c32)[CH2][CH2]1.[Cl-].[Cl-]. The number of benzene rings is 4. The van der Waals surface area contributed by atoms with Gasteiger partial charge in [0.2, 0.25) is 0 Å². The standard InChI is InChI=1S/2C19H19.C2H4.2ClH.Zr/c2*1-4-15-11-17-13(2)10-14(3)19(18(17)12-15)16-8-6-5-7-9-16;1-2;;;/h2*5-12H,4H2,1-3H3;1-2H2;2*1H;/q;;;;;+2/p-2. The fraction of sp³-hybridized carbons (Fsp3) is 0.300. The molecule has 0 N–H and O–H groups in total. The van der Waals surface area contributed by atoms with Crippen molar-refractivity contribution >= 4 is 12.2 Å². The van der Waals surface area contributed by atoms with Crippen molar-refractivity contribution in [3.8, 4) is 22.3 Å². The van der Waals surface area contributed by atoms with Gasteiger partial charge in [0.15, 0.2) is 0 Å². The summed E-state index contributed by atoms with van der Waals surface area (Å²) in [6.07, 6.45) is 7.64. The maximum absolute atomic E-state index is 2.76. The third kappa shape index (κ3) is 4.99. The molecule has 2 aliphatic carbocycles. The van der Waals surface area contributed by atoms with E-state index >= 15 is 0 Å². The van der Waals surface area contributed by atoms with Gasteiger partial charge >= 0.3 is 253 Å². The van der Waals surface area contributed by atoms with Crippen molar-refractivity contribution in [1.82, 2.24) is 0 Å². The summed E-state index contributed by atoms with van der Waals surface area (Å²) < 4.78 is 4.41. The fourth-order valence-electron chi connectivity index (χ4n) is 8.83. The Hall–Kier alpha value is -2.18. The molecule has 1 fully saturated rings. The Morgan fingerprint density at radius 1 is 0.558 bits per heavy atom. The Kier molecular flexibility index (Phi) is 9.23. The van der Waals surface area contributed by atoms with Gasteiger partial charge < -0.3 is 24.8 Å². The van der Waals surface area contributed by atoms with E-state index in [0.717, 1.165) is 12.8 Å². The molecule has 2 unspecified atom stereocenters. The van der Waals surface area contributed by atoms with E-state index in [1.54, 1.807) is 33.4 Å². The summed E-state index contributed by atoms with van der Waals surface area (Å²) in [5.74, 6) is 0. The van der Waals surface area contributed by atoms with Crippen LogP contribution in [0.2, 0.25) is 8.26 Å². The summed E-state index contributed by atoms with van der Waals surface area (Å²) in [4.78, 5) is 0. The largest absolute Gasteiger partial charge is 1.00 e. The van der Waals surface area contributed by atoms with Gasteiger partial charge in [-0.1, -0.05) is 0 Å². The van der Waals surface area contributed by atoms with Gasteiger partial charge in [0.05, 0.1) is 0 Å². The van der Waals surface area contributed by atoms with Crippen molar-refractivity contribution in [2.45, 2.75) is 69.9 Å². The number of rotatable bonds is 6. The first-order valence-electron chi connectivity index (χ1n) is 15.7. The number of hydrogen-bond donors (Lipinski definition) is 0. The van der Waals surface area contributed by atoms with Crippen LogP contribution < -0.4 is 24.8 Å². The van der Waals surface area contributed by atoms with Crippen LogP contribution in [0.3, 0.4) is 0 Å². The van der Waals surface area contributed by atoms with Crippen LogP contribution in [0.5, 0.6) is 0 Å². The first-order valence-corrected chi connectivity index (χ1v) is 22.0. The second kappa shape index (κ2) is 12.3. The van der Waals surface area contributed by atoms with E-state index in [1.165, 1.54) is 52.8 Å². The minimum absolute atomic E-state index is 0. The number of hydrogen-bond acceptors (Lipinski definition) is 0. The first-order chi connectivity index (χ1) is 19.9. The number of halogens is 2. The maximum Gasteiger partial charge on any atom is -1.00 e. The van der Waals surface area contributed by atoms with Gasteiger partial charge in [-0.25, -0.2) is 0 Å². The molecule has 1 aliphatic heterocycles. The van der Waals surface area contributed by atoms with Crippen molar-refractivity contribution in [3.63, 3.8) is 0 Å². The molecule has 43 heavy (non-hydrogen) atoms. The van der Waals surface area contributed by atoms with Gasteiger partial charge in [0, 0.05) is 0 Å². The molecule has 0 spiro atoms. The zero-order valence-electron chi connectivity index (χ0n) is 26.3. The quantitative estimate of drug-likeness (QED) is 0.246. The number of allylic oxidation sites excluding steroid dienone is 2. The Morgan fingerprint density at radius 2 is 0.930 bits per heavy atom. The van der Waals surface area contributed by atoms with Crippen molar-refractivity contribution in [1.29, 1.82) is 0 Å². The van der Waals surface area contributed by atoms with Crippen LogP contribution in [0.25, 0.3) is 34.4 Å². The molecule has 1 heterocycles. The average molecular weight is 685 g/mol. The number of fused-ring (bicyclic) bond motifs is 2. The summed E-state index contributed by atoms with van der Waals surface area (Å²) in [7, 11) is 0. The zero-order chi connectivity index (χ0) is 28.5. The molecule has 4 aromatic rings. The van der Waals surface area contributed by atoms with E-state index in [-0.39, 0.29) is 24.8 Å². The van der Waals surface area contributed by atoms with Gasteiger partial charge in [-0.3, -0.25) is 0 Å². The van der Waals surface area contributed by atoms with E-state index in [1.807, 2.05) is 0 Å².